The molecule has 7 heteroatoms. The third-order valence-electron chi connectivity index (χ3n) is 3.47. The van der Waals surface area contributed by atoms with E-state index in [9.17, 15) is 4.79 Å². The highest BCUT2D eigenvalue weighted by molar-refractivity contribution is 6.42. The number of nitrogens with zero attached hydrogens (tertiary/aromatic N) is 2. The fraction of sp³-hybridized carbons (Fsp3) is 0.176. The van der Waals surface area contributed by atoms with E-state index in [1.54, 1.807) is 30.3 Å². The zero-order chi connectivity index (χ0) is 17.3. The van der Waals surface area contributed by atoms with Crippen LogP contribution < -0.4 is 5.32 Å². The fourth-order valence-corrected chi connectivity index (χ4v) is 2.63. The highest BCUT2D eigenvalue weighted by Crippen LogP contribution is 2.25. The predicted octanol–water partition coefficient (Wildman–Crippen LogP) is 4.70. The number of aromatic nitrogens is 2. The van der Waals surface area contributed by atoms with Crippen molar-refractivity contribution in [3.63, 3.8) is 0 Å². The number of hydrogen-bond donors (Lipinski definition) is 1. The van der Waals surface area contributed by atoms with Gasteiger partial charge in [-0.3, -0.25) is 9.48 Å². The van der Waals surface area contributed by atoms with Gasteiger partial charge in [0.15, 0.2) is 5.76 Å². The molecule has 2 heterocycles. The van der Waals surface area contributed by atoms with E-state index in [2.05, 4.69) is 10.4 Å². The van der Waals surface area contributed by atoms with Crippen LogP contribution in [0.4, 0.5) is 5.69 Å². The van der Waals surface area contributed by atoms with Crippen LogP contribution in [0.2, 0.25) is 10.0 Å². The maximum Gasteiger partial charge on any atom is 0.291 e. The molecule has 0 radical (unpaired) electrons. The minimum atomic E-state index is -0.354. The summed E-state index contributed by atoms with van der Waals surface area (Å²) >= 11 is 11.8. The molecule has 0 fully saturated rings. The molecule has 0 saturated heterocycles. The maximum atomic E-state index is 12.2. The summed E-state index contributed by atoms with van der Waals surface area (Å²) in [6.07, 6.45) is 0. The first kappa shape index (κ1) is 16.6. The molecule has 1 aromatic carbocycles. The number of benzene rings is 1. The molecule has 1 amide bonds. The fourth-order valence-electron chi connectivity index (χ4n) is 2.33. The van der Waals surface area contributed by atoms with Gasteiger partial charge in [0.05, 0.1) is 22.3 Å². The molecule has 124 valence electrons. The molecule has 3 rings (SSSR count). The number of hydrogen-bond acceptors (Lipinski definition) is 3. The smallest absolute Gasteiger partial charge is 0.291 e. The average molecular weight is 364 g/mol. The zero-order valence-corrected chi connectivity index (χ0v) is 14.6. The van der Waals surface area contributed by atoms with Gasteiger partial charge in [0, 0.05) is 11.4 Å². The Balaban J connectivity index is 1.71. The number of rotatable bonds is 4. The van der Waals surface area contributed by atoms with Crippen LogP contribution in [-0.4, -0.2) is 15.7 Å². The zero-order valence-electron chi connectivity index (χ0n) is 13.1. The minimum absolute atomic E-state index is 0.220. The quantitative estimate of drug-likeness (QED) is 0.730. The monoisotopic (exact) mass is 363 g/mol. The standard InChI is InChI=1S/C17H15Cl2N3O2/c1-10-7-11(2)22(21-10)9-13-4-6-16(24-13)17(23)20-12-3-5-14(18)15(19)8-12/h3-8H,9H2,1-2H3,(H,20,23). The lowest BCUT2D eigenvalue weighted by Gasteiger charge is -2.05. The van der Waals surface area contributed by atoms with Gasteiger partial charge in [-0.2, -0.15) is 5.10 Å². The van der Waals surface area contributed by atoms with Crippen LogP contribution in [0.3, 0.4) is 0 Å². The molecule has 3 aromatic rings. The Bertz CT molecular complexity index is 899. The van der Waals surface area contributed by atoms with E-state index in [1.165, 1.54) is 0 Å². The average Bonchev–Trinajstić information content (AvgIpc) is 3.10. The van der Waals surface area contributed by atoms with Gasteiger partial charge < -0.3 is 9.73 Å². The topological polar surface area (TPSA) is 60.1 Å². The number of aryl methyl sites for hydroxylation is 2. The molecule has 0 aliphatic rings. The Morgan fingerprint density at radius 2 is 1.96 bits per heavy atom. The number of carbonyl (C=O) groups excluding carboxylic acids is 1. The summed E-state index contributed by atoms with van der Waals surface area (Å²) in [5.41, 5.74) is 2.52. The van der Waals surface area contributed by atoms with Gasteiger partial charge in [-0.05, 0) is 50.2 Å². The number of amides is 1. The molecule has 0 aliphatic heterocycles. The van der Waals surface area contributed by atoms with E-state index >= 15 is 0 Å². The maximum absolute atomic E-state index is 12.2. The summed E-state index contributed by atoms with van der Waals surface area (Å²) in [5, 5.41) is 7.90. The van der Waals surface area contributed by atoms with Gasteiger partial charge in [0.25, 0.3) is 5.91 Å². The van der Waals surface area contributed by atoms with E-state index in [-0.39, 0.29) is 11.7 Å². The van der Waals surface area contributed by atoms with Crippen molar-refractivity contribution in [1.29, 1.82) is 0 Å². The van der Waals surface area contributed by atoms with Crippen LogP contribution in [-0.2, 0) is 6.54 Å². The number of halogens is 2. The van der Waals surface area contributed by atoms with Crippen LogP contribution in [0, 0.1) is 13.8 Å². The lowest BCUT2D eigenvalue weighted by molar-refractivity contribution is 0.0994. The van der Waals surface area contributed by atoms with Crippen LogP contribution in [0.15, 0.2) is 40.8 Å². The van der Waals surface area contributed by atoms with E-state index < -0.39 is 0 Å². The number of anilines is 1. The Kier molecular flexibility index (Phi) is 4.64. The van der Waals surface area contributed by atoms with Crippen molar-refractivity contribution in [2.24, 2.45) is 0 Å². The molecule has 0 aliphatic carbocycles. The summed E-state index contributed by atoms with van der Waals surface area (Å²) in [4.78, 5) is 12.2. The molecule has 0 bridgehead atoms. The second kappa shape index (κ2) is 6.71. The summed E-state index contributed by atoms with van der Waals surface area (Å²) in [6, 6.07) is 10.3. The van der Waals surface area contributed by atoms with E-state index in [0.717, 1.165) is 11.4 Å². The lowest BCUT2D eigenvalue weighted by Crippen LogP contribution is -2.11. The summed E-state index contributed by atoms with van der Waals surface area (Å²) in [6.45, 7) is 4.38. The molecule has 0 atom stereocenters. The molecule has 5 nitrogen and oxygen atoms in total. The molecule has 0 unspecified atom stereocenters. The van der Waals surface area contributed by atoms with Crippen molar-refractivity contribution in [2.75, 3.05) is 5.32 Å². The highest BCUT2D eigenvalue weighted by atomic mass is 35.5. The summed E-state index contributed by atoms with van der Waals surface area (Å²) in [7, 11) is 0. The number of nitrogens with one attached hydrogen (secondary N) is 1. The highest BCUT2D eigenvalue weighted by Gasteiger charge is 2.13. The second-order valence-electron chi connectivity index (χ2n) is 5.43. The van der Waals surface area contributed by atoms with Gasteiger partial charge in [-0.15, -0.1) is 0 Å². The first-order valence-electron chi connectivity index (χ1n) is 7.28. The predicted molar refractivity (Wildman–Crippen MR) is 93.9 cm³/mol. The van der Waals surface area contributed by atoms with Crippen LogP contribution in [0.5, 0.6) is 0 Å². The Hall–Kier alpha value is -2.24. The molecule has 2 aromatic heterocycles. The van der Waals surface area contributed by atoms with E-state index in [4.69, 9.17) is 27.6 Å². The van der Waals surface area contributed by atoms with Crippen LogP contribution in [0.1, 0.15) is 27.7 Å². The van der Waals surface area contributed by atoms with Crippen LogP contribution in [0.25, 0.3) is 0 Å². The molecule has 24 heavy (non-hydrogen) atoms. The first-order chi connectivity index (χ1) is 11.4. The van der Waals surface area contributed by atoms with Crippen molar-refractivity contribution in [3.8, 4) is 0 Å². The molecular weight excluding hydrogens is 349 g/mol. The third kappa shape index (κ3) is 3.63. The summed E-state index contributed by atoms with van der Waals surface area (Å²) < 4.78 is 7.44. The minimum Gasteiger partial charge on any atom is -0.454 e. The Morgan fingerprint density at radius 1 is 1.17 bits per heavy atom. The van der Waals surface area contributed by atoms with E-state index in [1.807, 2.05) is 24.6 Å². The molecular formula is C17H15Cl2N3O2. The molecule has 1 N–H and O–H groups in total. The second-order valence-corrected chi connectivity index (χ2v) is 6.25. The molecule has 0 spiro atoms. The first-order valence-corrected chi connectivity index (χ1v) is 8.04. The Labute approximate surface area is 149 Å². The van der Waals surface area contributed by atoms with Gasteiger partial charge in [-0.25, -0.2) is 0 Å². The number of carbonyl (C=O) groups is 1. The van der Waals surface area contributed by atoms with Gasteiger partial charge in [0.1, 0.15) is 5.76 Å². The van der Waals surface area contributed by atoms with Gasteiger partial charge >= 0.3 is 0 Å². The lowest BCUT2D eigenvalue weighted by atomic mass is 10.3. The largest absolute Gasteiger partial charge is 0.454 e. The number of furan rings is 1. The van der Waals surface area contributed by atoms with Crippen molar-refractivity contribution in [1.82, 2.24) is 9.78 Å². The van der Waals surface area contributed by atoms with E-state index in [0.29, 0.717) is 28.0 Å². The van der Waals surface area contributed by atoms with Crippen LogP contribution >= 0.6 is 23.2 Å². The van der Waals surface area contributed by atoms with Gasteiger partial charge in [-0.1, -0.05) is 23.2 Å². The van der Waals surface area contributed by atoms with Crippen molar-refractivity contribution in [3.05, 3.63) is 69.4 Å². The molecule has 0 saturated carbocycles. The van der Waals surface area contributed by atoms with Crippen molar-refractivity contribution < 1.29 is 9.21 Å². The summed E-state index contributed by atoms with van der Waals surface area (Å²) in [5.74, 6) is 0.520. The normalized spacial score (nSPS) is 10.8. The van der Waals surface area contributed by atoms with Crippen molar-refractivity contribution >= 4 is 34.8 Å². The Morgan fingerprint density at radius 3 is 2.62 bits per heavy atom. The van der Waals surface area contributed by atoms with Crippen molar-refractivity contribution in [2.45, 2.75) is 20.4 Å². The van der Waals surface area contributed by atoms with Gasteiger partial charge in [0.2, 0.25) is 0 Å². The SMILES string of the molecule is Cc1cc(C)n(Cc2ccc(C(=O)Nc3ccc(Cl)c(Cl)c3)o2)n1. The third-order valence-corrected chi connectivity index (χ3v) is 4.21.